The van der Waals surface area contributed by atoms with Crippen LogP contribution in [0.4, 0.5) is 8.78 Å². The zero-order chi connectivity index (χ0) is 14.9. The smallest absolute Gasteiger partial charge is 0.242 e. The number of amides is 1. The van der Waals surface area contributed by atoms with Crippen LogP contribution >= 0.6 is 12.2 Å². The molecule has 1 unspecified atom stereocenters. The lowest BCUT2D eigenvalue weighted by Gasteiger charge is -2.14. The van der Waals surface area contributed by atoms with Gasteiger partial charge < -0.3 is 14.9 Å². The number of halogens is 2. The minimum atomic E-state index is -0.731. The van der Waals surface area contributed by atoms with Crippen LogP contribution < -0.4 is 5.32 Å². The van der Waals surface area contributed by atoms with E-state index in [1.165, 1.54) is 4.57 Å². The lowest BCUT2D eigenvalue weighted by molar-refractivity contribution is -0.123. The van der Waals surface area contributed by atoms with Gasteiger partial charge in [0, 0.05) is 12.6 Å². The molecule has 7 heteroatoms. The second-order valence-electron chi connectivity index (χ2n) is 4.55. The van der Waals surface area contributed by atoms with Crippen molar-refractivity contribution >= 4 is 29.2 Å². The molecule has 2 N–H and O–H groups in total. The minimum absolute atomic E-state index is 0.103. The minimum Gasteiger partial charge on any atom is -0.354 e. The van der Waals surface area contributed by atoms with Crippen LogP contribution in [0.2, 0.25) is 0 Å². The Bertz CT molecular complexity index is 707. The standard InChI is InChI=1S/C13H15F2N3OS/c1-3-4-16-12(19)7(2)18-10-6-8(14)5-9(15)11(10)17-13(18)20/h5-7H,3-4H2,1-2H3,(H,16,19)(H,17,20). The van der Waals surface area contributed by atoms with Crippen LogP contribution in [0.15, 0.2) is 12.1 Å². The fraction of sp³-hybridized carbons (Fsp3) is 0.385. The van der Waals surface area contributed by atoms with E-state index in [1.54, 1.807) is 6.92 Å². The van der Waals surface area contributed by atoms with Crippen LogP contribution in [0.25, 0.3) is 11.0 Å². The van der Waals surface area contributed by atoms with Gasteiger partial charge in [0.05, 0.1) is 5.52 Å². The largest absolute Gasteiger partial charge is 0.354 e. The number of carbonyl (C=O) groups excluding carboxylic acids is 1. The van der Waals surface area contributed by atoms with Crippen LogP contribution in [0.1, 0.15) is 26.3 Å². The maximum Gasteiger partial charge on any atom is 0.242 e. The fourth-order valence-electron chi connectivity index (χ4n) is 2.05. The summed E-state index contributed by atoms with van der Waals surface area (Å²) in [6.07, 6.45) is 0.807. The molecule has 0 spiro atoms. The summed E-state index contributed by atoms with van der Waals surface area (Å²) in [5, 5.41) is 2.73. The third kappa shape index (κ3) is 2.58. The van der Waals surface area contributed by atoms with Crippen molar-refractivity contribution in [3.05, 3.63) is 28.5 Å². The zero-order valence-corrected chi connectivity index (χ0v) is 12.0. The van der Waals surface area contributed by atoms with Gasteiger partial charge in [0.1, 0.15) is 17.4 Å². The first kappa shape index (κ1) is 14.6. The van der Waals surface area contributed by atoms with Crippen molar-refractivity contribution in [3.63, 3.8) is 0 Å². The first-order valence-corrected chi connectivity index (χ1v) is 6.73. The van der Waals surface area contributed by atoms with Gasteiger partial charge in [-0.05, 0) is 31.6 Å². The van der Waals surface area contributed by atoms with E-state index in [0.29, 0.717) is 6.54 Å². The van der Waals surface area contributed by atoms with Crippen molar-refractivity contribution in [2.75, 3.05) is 6.54 Å². The van der Waals surface area contributed by atoms with Gasteiger partial charge in [0.15, 0.2) is 10.6 Å². The summed E-state index contributed by atoms with van der Waals surface area (Å²) < 4.78 is 28.6. The van der Waals surface area contributed by atoms with Crippen molar-refractivity contribution in [2.24, 2.45) is 0 Å². The number of H-pyrrole nitrogens is 1. The SMILES string of the molecule is CCCNC(=O)C(C)n1c(=S)[nH]c2c(F)cc(F)cc21. The number of nitrogens with one attached hydrogen (secondary N) is 2. The van der Waals surface area contributed by atoms with E-state index in [9.17, 15) is 13.6 Å². The molecular formula is C13H15F2N3OS. The maximum atomic E-state index is 13.7. The van der Waals surface area contributed by atoms with Crippen molar-refractivity contribution in [3.8, 4) is 0 Å². The summed E-state index contributed by atoms with van der Waals surface area (Å²) >= 11 is 5.10. The Balaban J connectivity index is 2.51. The van der Waals surface area contributed by atoms with E-state index in [4.69, 9.17) is 12.2 Å². The number of aromatic nitrogens is 2. The highest BCUT2D eigenvalue weighted by Crippen LogP contribution is 2.23. The molecule has 0 saturated heterocycles. The third-order valence-electron chi connectivity index (χ3n) is 3.06. The molecule has 0 radical (unpaired) electrons. The Kier molecular flexibility index (Phi) is 4.17. The number of fused-ring (bicyclic) bond motifs is 1. The van der Waals surface area contributed by atoms with E-state index >= 15 is 0 Å². The molecule has 0 aliphatic carbocycles. The van der Waals surface area contributed by atoms with Gasteiger partial charge in [-0.2, -0.15) is 0 Å². The number of hydrogen-bond acceptors (Lipinski definition) is 2. The normalized spacial score (nSPS) is 12.6. The number of rotatable bonds is 4. The van der Waals surface area contributed by atoms with Crippen LogP contribution in [0.3, 0.4) is 0 Å². The molecule has 0 aliphatic heterocycles. The Morgan fingerprint density at radius 2 is 2.20 bits per heavy atom. The lowest BCUT2D eigenvalue weighted by atomic mass is 10.2. The van der Waals surface area contributed by atoms with Gasteiger partial charge in [-0.1, -0.05) is 6.92 Å². The molecule has 2 rings (SSSR count). The molecule has 1 amide bonds. The van der Waals surface area contributed by atoms with Crippen LogP contribution in [0, 0.1) is 16.4 Å². The molecule has 4 nitrogen and oxygen atoms in total. The van der Waals surface area contributed by atoms with Gasteiger partial charge in [-0.15, -0.1) is 0 Å². The highest BCUT2D eigenvalue weighted by Gasteiger charge is 2.20. The van der Waals surface area contributed by atoms with Gasteiger partial charge in [0.25, 0.3) is 0 Å². The molecule has 20 heavy (non-hydrogen) atoms. The number of benzene rings is 1. The van der Waals surface area contributed by atoms with E-state index in [1.807, 2.05) is 6.92 Å². The molecular weight excluding hydrogens is 284 g/mol. The Hall–Kier alpha value is -1.76. The molecule has 0 aliphatic rings. The van der Waals surface area contributed by atoms with Gasteiger partial charge in [-0.3, -0.25) is 4.79 Å². The average molecular weight is 299 g/mol. The van der Waals surface area contributed by atoms with E-state index in [-0.39, 0.29) is 21.7 Å². The molecule has 1 atom stereocenters. The van der Waals surface area contributed by atoms with E-state index < -0.39 is 17.7 Å². The maximum absolute atomic E-state index is 13.7. The summed E-state index contributed by atoms with van der Waals surface area (Å²) in [6, 6.07) is 1.29. The Morgan fingerprint density at radius 1 is 1.50 bits per heavy atom. The van der Waals surface area contributed by atoms with Gasteiger partial charge >= 0.3 is 0 Å². The molecule has 1 aromatic carbocycles. The summed E-state index contributed by atoms with van der Waals surface area (Å²) in [4.78, 5) is 14.7. The molecule has 1 heterocycles. The quantitative estimate of drug-likeness (QED) is 0.853. The first-order valence-electron chi connectivity index (χ1n) is 6.32. The second-order valence-corrected chi connectivity index (χ2v) is 4.94. The topological polar surface area (TPSA) is 49.8 Å². The molecule has 0 fully saturated rings. The van der Waals surface area contributed by atoms with Gasteiger partial charge in [0.2, 0.25) is 5.91 Å². The van der Waals surface area contributed by atoms with Gasteiger partial charge in [-0.25, -0.2) is 8.78 Å². The molecule has 1 aromatic heterocycles. The predicted octanol–water partition coefficient (Wildman–Crippen LogP) is 3.06. The fourth-order valence-corrected chi connectivity index (χ4v) is 2.41. The summed E-state index contributed by atoms with van der Waals surface area (Å²) in [5.41, 5.74) is 0.346. The third-order valence-corrected chi connectivity index (χ3v) is 3.36. The lowest BCUT2D eigenvalue weighted by Crippen LogP contribution is -2.31. The van der Waals surface area contributed by atoms with E-state index in [0.717, 1.165) is 18.6 Å². The van der Waals surface area contributed by atoms with Crippen LogP contribution in [0.5, 0.6) is 0 Å². The number of nitrogens with zero attached hydrogens (tertiary/aromatic N) is 1. The predicted molar refractivity (Wildman–Crippen MR) is 75.1 cm³/mol. The van der Waals surface area contributed by atoms with Crippen molar-refractivity contribution in [1.82, 2.24) is 14.9 Å². The highest BCUT2D eigenvalue weighted by molar-refractivity contribution is 7.71. The van der Waals surface area contributed by atoms with Crippen molar-refractivity contribution in [1.29, 1.82) is 0 Å². The molecule has 108 valence electrons. The number of carbonyl (C=O) groups is 1. The zero-order valence-electron chi connectivity index (χ0n) is 11.2. The molecule has 0 saturated carbocycles. The summed E-state index contributed by atoms with van der Waals surface area (Å²) in [7, 11) is 0. The highest BCUT2D eigenvalue weighted by atomic mass is 32.1. The molecule has 0 bridgehead atoms. The van der Waals surface area contributed by atoms with Crippen molar-refractivity contribution in [2.45, 2.75) is 26.3 Å². The summed E-state index contributed by atoms with van der Waals surface area (Å²) in [5.74, 6) is -1.68. The number of hydrogen-bond donors (Lipinski definition) is 2. The number of aromatic amines is 1. The Morgan fingerprint density at radius 3 is 2.85 bits per heavy atom. The first-order chi connectivity index (χ1) is 9.45. The number of imidazole rings is 1. The monoisotopic (exact) mass is 299 g/mol. The molecule has 2 aromatic rings. The average Bonchev–Trinajstić information content (AvgIpc) is 2.71. The second kappa shape index (κ2) is 5.70. The van der Waals surface area contributed by atoms with Crippen LogP contribution in [-0.4, -0.2) is 22.0 Å². The van der Waals surface area contributed by atoms with E-state index in [2.05, 4.69) is 10.3 Å². The van der Waals surface area contributed by atoms with Crippen LogP contribution in [-0.2, 0) is 4.79 Å². The van der Waals surface area contributed by atoms with Crippen molar-refractivity contribution < 1.29 is 13.6 Å². The summed E-state index contributed by atoms with van der Waals surface area (Å²) in [6.45, 7) is 4.12. The Labute approximate surface area is 119 Å².